The zero-order valence-corrected chi connectivity index (χ0v) is 17.6. The summed E-state index contributed by atoms with van der Waals surface area (Å²) in [4.78, 5) is 20.6. The number of carbonyl (C=O) groups excluding carboxylic acids is 1. The van der Waals surface area contributed by atoms with Crippen LogP contribution in [-0.4, -0.2) is 54.1 Å². The van der Waals surface area contributed by atoms with Crippen LogP contribution in [0.5, 0.6) is 0 Å². The van der Waals surface area contributed by atoms with Crippen LogP contribution in [0.4, 0.5) is 19.0 Å². The highest BCUT2D eigenvalue weighted by Crippen LogP contribution is 2.33. The third-order valence-electron chi connectivity index (χ3n) is 6.13. The van der Waals surface area contributed by atoms with Crippen LogP contribution in [0, 0.1) is 5.92 Å². The highest BCUT2D eigenvalue weighted by Gasteiger charge is 2.33. The van der Waals surface area contributed by atoms with Gasteiger partial charge in [0.05, 0.1) is 16.6 Å². The minimum atomic E-state index is -4.47. The molecule has 1 aromatic rings. The number of nitrogens with one attached hydrogen (secondary N) is 1. The van der Waals surface area contributed by atoms with Gasteiger partial charge in [0.1, 0.15) is 5.82 Å². The maximum atomic E-state index is 12.8. The maximum absolute atomic E-state index is 12.8. The normalized spacial score (nSPS) is 25.0. The number of aromatic nitrogens is 1. The molecule has 29 heavy (non-hydrogen) atoms. The second kappa shape index (κ2) is 9.08. The number of pyridine rings is 1. The van der Waals surface area contributed by atoms with E-state index in [1.165, 1.54) is 6.42 Å². The molecule has 0 aromatic carbocycles. The van der Waals surface area contributed by atoms with Crippen LogP contribution < -0.4 is 10.2 Å². The Kier molecular flexibility index (Phi) is 6.94. The SMILES string of the molecule is CC1CCCCC1NC(=O)C(C)N1CCN(c2ncc(C(F)(F)F)cc2Cl)CC1. The molecule has 1 aliphatic carbocycles. The summed E-state index contributed by atoms with van der Waals surface area (Å²) >= 11 is 6.06. The smallest absolute Gasteiger partial charge is 0.353 e. The summed E-state index contributed by atoms with van der Waals surface area (Å²) in [6.45, 7) is 6.43. The van der Waals surface area contributed by atoms with E-state index in [9.17, 15) is 18.0 Å². The maximum Gasteiger partial charge on any atom is 0.417 e. The van der Waals surface area contributed by atoms with Crippen molar-refractivity contribution in [2.45, 2.75) is 57.8 Å². The summed E-state index contributed by atoms with van der Waals surface area (Å²) in [5.74, 6) is 0.903. The predicted molar refractivity (Wildman–Crippen MR) is 107 cm³/mol. The van der Waals surface area contributed by atoms with Gasteiger partial charge in [-0.2, -0.15) is 13.2 Å². The molecule has 0 bridgehead atoms. The molecule has 1 aliphatic heterocycles. The highest BCUT2D eigenvalue weighted by atomic mass is 35.5. The van der Waals surface area contributed by atoms with E-state index in [1.54, 1.807) is 0 Å². The Bertz CT molecular complexity index is 722. The van der Waals surface area contributed by atoms with Gasteiger partial charge in [-0.1, -0.05) is 31.4 Å². The largest absolute Gasteiger partial charge is 0.417 e. The Labute approximate surface area is 174 Å². The Morgan fingerprint density at radius 3 is 2.48 bits per heavy atom. The second-order valence-corrected chi connectivity index (χ2v) is 8.51. The third-order valence-corrected chi connectivity index (χ3v) is 6.41. The predicted octanol–water partition coefficient (Wildman–Crippen LogP) is 3.96. The van der Waals surface area contributed by atoms with Crippen molar-refractivity contribution < 1.29 is 18.0 Å². The summed E-state index contributed by atoms with van der Waals surface area (Å²) < 4.78 is 38.4. The molecule has 2 fully saturated rings. The molecule has 1 amide bonds. The average Bonchev–Trinajstić information content (AvgIpc) is 2.68. The number of amides is 1. The third kappa shape index (κ3) is 5.34. The van der Waals surface area contributed by atoms with Crippen LogP contribution in [0.25, 0.3) is 0 Å². The van der Waals surface area contributed by atoms with Gasteiger partial charge in [0, 0.05) is 38.4 Å². The van der Waals surface area contributed by atoms with E-state index < -0.39 is 11.7 Å². The highest BCUT2D eigenvalue weighted by molar-refractivity contribution is 6.33. The van der Waals surface area contributed by atoms with Gasteiger partial charge in [-0.15, -0.1) is 0 Å². The van der Waals surface area contributed by atoms with Gasteiger partial charge in [-0.25, -0.2) is 4.98 Å². The van der Waals surface area contributed by atoms with E-state index >= 15 is 0 Å². The topological polar surface area (TPSA) is 48.5 Å². The van der Waals surface area contributed by atoms with E-state index in [0.29, 0.717) is 37.9 Å². The average molecular weight is 433 g/mol. The first kappa shape index (κ1) is 22.2. The van der Waals surface area contributed by atoms with Crippen molar-refractivity contribution in [2.24, 2.45) is 5.92 Å². The number of alkyl halides is 3. The lowest BCUT2D eigenvalue weighted by Crippen LogP contribution is -2.56. The van der Waals surface area contributed by atoms with Gasteiger partial charge >= 0.3 is 6.18 Å². The van der Waals surface area contributed by atoms with Crippen molar-refractivity contribution in [3.8, 4) is 0 Å². The van der Waals surface area contributed by atoms with Crippen LogP contribution >= 0.6 is 11.6 Å². The van der Waals surface area contributed by atoms with Gasteiger partial charge < -0.3 is 10.2 Å². The molecule has 3 atom stereocenters. The quantitative estimate of drug-likeness (QED) is 0.782. The molecule has 162 valence electrons. The van der Waals surface area contributed by atoms with Crippen molar-refractivity contribution in [2.75, 3.05) is 31.1 Å². The van der Waals surface area contributed by atoms with E-state index in [1.807, 2.05) is 11.8 Å². The first-order valence-electron chi connectivity index (χ1n) is 10.2. The summed E-state index contributed by atoms with van der Waals surface area (Å²) in [6.07, 6.45) is 0.917. The molecule has 3 unspecified atom stereocenters. The lowest BCUT2D eigenvalue weighted by atomic mass is 9.86. The molecule has 1 saturated carbocycles. The number of rotatable bonds is 4. The molecule has 2 aliphatic rings. The fraction of sp³-hybridized carbons (Fsp3) is 0.700. The molecular weight excluding hydrogens is 405 g/mol. The summed E-state index contributed by atoms with van der Waals surface area (Å²) in [7, 11) is 0. The first-order chi connectivity index (χ1) is 13.7. The van der Waals surface area contributed by atoms with E-state index in [4.69, 9.17) is 11.6 Å². The number of nitrogens with zero attached hydrogens (tertiary/aromatic N) is 3. The van der Waals surface area contributed by atoms with E-state index in [0.717, 1.165) is 31.5 Å². The fourth-order valence-corrected chi connectivity index (χ4v) is 4.43. The Morgan fingerprint density at radius 2 is 1.90 bits per heavy atom. The standard InChI is InChI=1S/C20H28ClF3N4O/c1-13-5-3-4-6-17(13)26-19(29)14(2)27-7-9-28(10-8-27)18-16(21)11-15(12-25-18)20(22,23)24/h11-14,17H,3-10H2,1-2H3,(H,26,29). The molecular formula is C20H28ClF3N4O. The number of piperazine rings is 1. The first-order valence-corrected chi connectivity index (χ1v) is 10.6. The Hall–Kier alpha value is -1.54. The van der Waals surface area contributed by atoms with Crippen LogP contribution in [0.2, 0.25) is 5.02 Å². The van der Waals surface area contributed by atoms with Crippen LogP contribution in [0.3, 0.4) is 0 Å². The summed E-state index contributed by atoms with van der Waals surface area (Å²) in [6, 6.07) is 0.912. The molecule has 1 saturated heterocycles. The Balaban J connectivity index is 1.55. The van der Waals surface area contributed by atoms with Gasteiger partial charge in [-0.05, 0) is 31.7 Å². The van der Waals surface area contributed by atoms with Gasteiger partial charge in [0.15, 0.2) is 0 Å². The number of carbonyl (C=O) groups is 1. The second-order valence-electron chi connectivity index (χ2n) is 8.10. The van der Waals surface area contributed by atoms with Gasteiger partial charge in [0.25, 0.3) is 0 Å². The molecule has 1 aromatic heterocycles. The van der Waals surface area contributed by atoms with Crippen molar-refractivity contribution in [1.29, 1.82) is 0 Å². The Morgan fingerprint density at radius 1 is 1.24 bits per heavy atom. The lowest BCUT2D eigenvalue weighted by molar-refractivity contribution is -0.137. The number of halogens is 4. The molecule has 2 heterocycles. The minimum absolute atomic E-state index is 0.00893. The van der Waals surface area contributed by atoms with Crippen molar-refractivity contribution in [3.05, 3.63) is 22.8 Å². The fourth-order valence-electron chi connectivity index (χ4n) is 4.14. The van der Waals surface area contributed by atoms with Gasteiger partial charge in [0.2, 0.25) is 5.91 Å². The molecule has 0 spiro atoms. The molecule has 9 heteroatoms. The van der Waals surface area contributed by atoms with Crippen LogP contribution in [-0.2, 0) is 11.0 Å². The van der Waals surface area contributed by atoms with Crippen molar-refractivity contribution in [3.63, 3.8) is 0 Å². The molecule has 0 radical (unpaired) electrons. The monoisotopic (exact) mass is 432 g/mol. The van der Waals surface area contributed by atoms with Crippen molar-refractivity contribution >= 4 is 23.3 Å². The number of anilines is 1. The summed E-state index contributed by atoms with van der Waals surface area (Å²) in [5.41, 5.74) is -0.855. The molecule has 1 N–H and O–H groups in total. The number of hydrogen-bond donors (Lipinski definition) is 1. The molecule has 3 rings (SSSR count). The number of hydrogen-bond acceptors (Lipinski definition) is 4. The minimum Gasteiger partial charge on any atom is -0.353 e. The van der Waals surface area contributed by atoms with Crippen LogP contribution in [0.1, 0.15) is 45.1 Å². The van der Waals surface area contributed by atoms with E-state index in [-0.39, 0.29) is 23.0 Å². The zero-order chi connectivity index (χ0) is 21.2. The summed E-state index contributed by atoms with van der Waals surface area (Å²) in [5, 5.41) is 3.19. The van der Waals surface area contributed by atoms with Crippen molar-refractivity contribution in [1.82, 2.24) is 15.2 Å². The molecule has 5 nitrogen and oxygen atoms in total. The van der Waals surface area contributed by atoms with E-state index in [2.05, 4.69) is 22.1 Å². The lowest BCUT2D eigenvalue weighted by Gasteiger charge is -2.39. The van der Waals surface area contributed by atoms with Crippen LogP contribution in [0.15, 0.2) is 12.3 Å². The zero-order valence-electron chi connectivity index (χ0n) is 16.8. The van der Waals surface area contributed by atoms with Gasteiger partial charge in [-0.3, -0.25) is 9.69 Å².